The third-order valence-corrected chi connectivity index (χ3v) is 4.63. The van der Waals surface area contributed by atoms with Crippen molar-refractivity contribution in [1.82, 2.24) is 5.32 Å². The zero-order chi connectivity index (χ0) is 14.1. The molecular weight excluding hydrogens is 242 g/mol. The second kappa shape index (κ2) is 8.90. The maximum atomic E-state index is 6.02. The van der Waals surface area contributed by atoms with Crippen molar-refractivity contribution in [3.8, 4) is 0 Å². The third kappa shape index (κ3) is 4.15. The van der Waals surface area contributed by atoms with Crippen LogP contribution in [0.25, 0.3) is 0 Å². The Morgan fingerprint density at radius 3 is 2.42 bits per heavy atom. The molecule has 0 aromatic heterocycles. The molecule has 19 heavy (non-hydrogen) atoms. The fourth-order valence-corrected chi connectivity index (χ4v) is 3.24. The van der Waals surface area contributed by atoms with E-state index in [0.29, 0.717) is 30.8 Å². The highest BCUT2D eigenvalue weighted by Crippen LogP contribution is 2.48. The van der Waals surface area contributed by atoms with Gasteiger partial charge in [-0.05, 0) is 32.7 Å². The Balaban J connectivity index is 2.16. The van der Waals surface area contributed by atoms with Crippen LogP contribution in [-0.2, 0) is 14.2 Å². The molecule has 1 rings (SSSR count). The standard InChI is InChI=1S/C15H31NO3/c1-5-15(6-2)13(16-3)12-14(15)19-11-10-18-9-7-8-17-4/h13-14,16H,5-12H2,1-4H3. The number of nitrogens with one attached hydrogen (secondary N) is 1. The largest absolute Gasteiger partial charge is 0.385 e. The van der Waals surface area contributed by atoms with Gasteiger partial charge in [0.15, 0.2) is 0 Å². The van der Waals surface area contributed by atoms with Crippen LogP contribution in [0.4, 0.5) is 0 Å². The second-order valence-corrected chi connectivity index (χ2v) is 5.34. The van der Waals surface area contributed by atoms with E-state index in [0.717, 1.165) is 26.1 Å². The Morgan fingerprint density at radius 2 is 1.84 bits per heavy atom. The highest BCUT2D eigenvalue weighted by molar-refractivity contribution is 5.06. The zero-order valence-electron chi connectivity index (χ0n) is 13.0. The summed E-state index contributed by atoms with van der Waals surface area (Å²) in [5, 5.41) is 3.42. The predicted octanol–water partition coefficient (Wildman–Crippen LogP) is 2.22. The first-order chi connectivity index (χ1) is 9.25. The molecule has 0 radical (unpaired) electrons. The molecule has 1 aliphatic carbocycles. The van der Waals surface area contributed by atoms with Gasteiger partial charge in [-0.1, -0.05) is 13.8 Å². The van der Waals surface area contributed by atoms with Gasteiger partial charge in [0, 0.05) is 31.8 Å². The maximum absolute atomic E-state index is 6.02. The van der Waals surface area contributed by atoms with Gasteiger partial charge in [-0.2, -0.15) is 0 Å². The summed E-state index contributed by atoms with van der Waals surface area (Å²) in [7, 11) is 3.77. The summed E-state index contributed by atoms with van der Waals surface area (Å²) in [4.78, 5) is 0. The Labute approximate surface area is 118 Å². The van der Waals surface area contributed by atoms with Gasteiger partial charge in [-0.25, -0.2) is 0 Å². The fourth-order valence-electron chi connectivity index (χ4n) is 3.24. The van der Waals surface area contributed by atoms with E-state index in [1.807, 2.05) is 0 Å². The van der Waals surface area contributed by atoms with Gasteiger partial charge in [0.05, 0.1) is 19.3 Å². The van der Waals surface area contributed by atoms with E-state index in [1.165, 1.54) is 12.8 Å². The van der Waals surface area contributed by atoms with Crippen molar-refractivity contribution in [2.75, 3.05) is 40.6 Å². The molecule has 0 saturated heterocycles. The molecule has 4 nitrogen and oxygen atoms in total. The first-order valence-corrected chi connectivity index (χ1v) is 7.60. The lowest BCUT2D eigenvalue weighted by atomic mass is 9.59. The van der Waals surface area contributed by atoms with E-state index in [2.05, 4.69) is 26.2 Å². The predicted molar refractivity (Wildman–Crippen MR) is 77.5 cm³/mol. The third-order valence-electron chi connectivity index (χ3n) is 4.63. The van der Waals surface area contributed by atoms with Crippen LogP contribution >= 0.6 is 0 Å². The van der Waals surface area contributed by atoms with Gasteiger partial charge < -0.3 is 19.5 Å². The fraction of sp³-hybridized carbons (Fsp3) is 1.00. The summed E-state index contributed by atoms with van der Waals surface area (Å²) in [6.45, 7) is 7.45. The van der Waals surface area contributed by atoms with E-state index in [1.54, 1.807) is 7.11 Å². The molecule has 0 aromatic carbocycles. The van der Waals surface area contributed by atoms with E-state index < -0.39 is 0 Å². The number of hydrogen-bond donors (Lipinski definition) is 1. The Bertz CT molecular complexity index is 231. The Morgan fingerprint density at radius 1 is 1.11 bits per heavy atom. The quantitative estimate of drug-likeness (QED) is 0.586. The molecule has 4 heteroatoms. The molecule has 1 saturated carbocycles. The lowest BCUT2D eigenvalue weighted by Gasteiger charge is -2.55. The van der Waals surface area contributed by atoms with Crippen LogP contribution in [-0.4, -0.2) is 52.7 Å². The molecule has 1 fully saturated rings. The van der Waals surface area contributed by atoms with E-state index in [-0.39, 0.29) is 0 Å². The molecule has 0 spiro atoms. The summed E-state index contributed by atoms with van der Waals surface area (Å²) >= 11 is 0. The molecular formula is C15H31NO3. The van der Waals surface area contributed by atoms with Crippen LogP contribution in [0.15, 0.2) is 0 Å². The second-order valence-electron chi connectivity index (χ2n) is 5.34. The van der Waals surface area contributed by atoms with Gasteiger partial charge in [-0.3, -0.25) is 0 Å². The molecule has 1 aliphatic rings. The average molecular weight is 273 g/mol. The molecule has 0 aliphatic heterocycles. The summed E-state index contributed by atoms with van der Waals surface area (Å²) in [6, 6.07) is 0.607. The van der Waals surface area contributed by atoms with Gasteiger partial charge in [0.2, 0.25) is 0 Å². The Hall–Kier alpha value is -0.160. The summed E-state index contributed by atoms with van der Waals surface area (Å²) in [5.41, 5.74) is 0.324. The van der Waals surface area contributed by atoms with Crippen LogP contribution in [0.2, 0.25) is 0 Å². The van der Waals surface area contributed by atoms with Crippen molar-refractivity contribution in [3.05, 3.63) is 0 Å². The highest BCUT2D eigenvalue weighted by Gasteiger charge is 2.52. The lowest BCUT2D eigenvalue weighted by Crippen LogP contribution is -2.62. The summed E-state index contributed by atoms with van der Waals surface area (Å²) in [6.07, 6.45) is 4.82. The smallest absolute Gasteiger partial charge is 0.0704 e. The molecule has 2 unspecified atom stereocenters. The van der Waals surface area contributed by atoms with Crippen molar-refractivity contribution in [2.45, 2.75) is 51.7 Å². The van der Waals surface area contributed by atoms with Crippen molar-refractivity contribution in [1.29, 1.82) is 0 Å². The molecule has 0 heterocycles. The van der Waals surface area contributed by atoms with Gasteiger partial charge in [-0.15, -0.1) is 0 Å². The SMILES string of the molecule is CCC1(CC)C(NC)CC1OCCOCCCOC. The minimum absolute atomic E-state index is 0.324. The zero-order valence-corrected chi connectivity index (χ0v) is 13.0. The number of rotatable bonds is 11. The minimum atomic E-state index is 0.324. The van der Waals surface area contributed by atoms with Gasteiger partial charge >= 0.3 is 0 Å². The molecule has 2 atom stereocenters. The van der Waals surface area contributed by atoms with E-state index >= 15 is 0 Å². The molecule has 114 valence electrons. The van der Waals surface area contributed by atoms with E-state index in [4.69, 9.17) is 14.2 Å². The number of methoxy groups -OCH3 is 1. The van der Waals surface area contributed by atoms with Crippen molar-refractivity contribution in [3.63, 3.8) is 0 Å². The Kier molecular flexibility index (Phi) is 7.91. The molecule has 0 amide bonds. The summed E-state index contributed by atoms with van der Waals surface area (Å²) < 4.78 is 16.5. The minimum Gasteiger partial charge on any atom is -0.385 e. The van der Waals surface area contributed by atoms with Crippen molar-refractivity contribution < 1.29 is 14.2 Å². The lowest BCUT2D eigenvalue weighted by molar-refractivity contribution is -0.146. The first-order valence-electron chi connectivity index (χ1n) is 7.60. The summed E-state index contributed by atoms with van der Waals surface area (Å²) in [5.74, 6) is 0. The highest BCUT2D eigenvalue weighted by atomic mass is 16.5. The van der Waals surface area contributed by atoms with Gasteiger partial charge in [0.1, 0.15) is 0 Å². The van der Waals surface area contributed by atoms with Crippen LogP contribution in [0.5, 0.6) is 0 Å². The monoisotopic (exact) mass is 273 g/mol. The maximum Gasteiger partial charge on any atom is 0.0704 e. The number of ether oxygens (including phenoxy) is 3. The van der Waals surface area contributed by atoms with Crippen LogP contribution in [0, 0.1) is 5.41 Å². The van der Waals surface area contributed by atoms with Crippen molar-refractivity contribution >= 4 is 0 Å². The average Bonchev–Trinajstić information content (AvgIpc) is 2.42. The van der Waals surface area contributed by atoms with Crippen LogP contribution < -0.4 is 5.32 Å². The number of hydrogen-bond acceptors (Lipinski definition) is 4. The topological polar surface area (TPSA) is 39.7 Å². The normalized spacial score (nSPS) is 25.3. The molecule has 0 aromatic rings. The van der Waals surface area contributed by atoms with E-state index in [9.17, 15) is 0 Å². The van der Waals surface area contributed by atoms with Crippen LogP contribution in [0.3, 0.4) is 0 Å². The molecule has 1 N–H and O–H groups in total. The van der Waals surface area contributed by atoms with Crippen LogP contribution in [0.1, 0.15) is 39.5 Å². The molecule has 0 bridgehead atoms. The van der Waals surface area contributed by atoms with Crippen molar-refractivity contribution in [2.24, 2.45) is 5.41 Å². The first kappa shape index (κ1) is 16.9. The van der Waals surface area contributed by atoms with Gasteiger partial charge in [0.25, 0.3) is 0 Å².